The Morgan fingerprint density at radius 2 is 1.95 bits per heavy atom. The molecule has 0 aliphatic carbocycles. The van der Waals surface area contributed by atoms with Gasteiger partial charge in [0.2, 0.25) is 0 Å². The molecule has 2 amide bonds. The maximum Gasteiger partial charge on any atom is 0.323 e. The van der Waals surface area contributed by atoms with Gasteiger partial charge < -0.3 is 16.4 Å². The zero-order valence-corrected chi connectivity index (χ0v) is 12.3. The smallest absolute Gasteiger partial charge is 0.323 e. The minimum atomic E-state index is -0.537. The van der Waals surface area contributed by atoms with Crippen LogP contribution in [-0.4, -0.2) is 11.0 Å². The highest BCUT2D eigenvalue weighted by molar-refractivity contribution is 7.80. The van der Waals surface area contributed by atoms with Crippen LogP contribution in [0.2, 0.25) is 5.02 Å². The van der Waals surface area contributed by atoms with Crippen LogP contribution in [0.3, 0.4) is 0 Å². The van der Waals surface area contributed by atoms with Crippen molar-refractivity contribution >= 4 is 46.2 Å². The molecule has 0 atom stereocenters. The first-order valence-electron chi connectivity index (χ1n) is 5.88. The molecule has 0 radical (unpaired) electrons. The Labute approximate surface area is 131 Å². The van der Waals surface area contributed by atoms with E-state index in [0.29, 0.717) is 22.0 Å². The number of hydrogen-bond acceptors (Lipinski definition) is 2. The second-order valence-electron chi connectivity index (χ2n) is 4.15. The number of carbonyl (C=O) groups excluding carboxylic acids is 1. The van der Waals surface area contributed by atoms with Gasteiger partial charge in [-0.1, -0.05) is 29.9 Å². The van der Waals surface area contributed by atoms with Crippen LogP contribution in [0.15, 0.2) is 42.5 Å². The van der Waals surface area contributed by atoms with Crippen LogP contribution in [0.25, 0.3) is 0 Å². The molecule has 0 heterocycles. The number of thiocarbonyl (C=S) groups is 1. The quantitative estimate of drug-likeness (QED) is 0.753. The molecule has 7 heteroatoms. The van der Waals surface area contributed by atoms with Crippen LogP contribution in [0.5, 0.6) is 0 Å². The Hall–Kier alpha value is -2.18. The lowest BCUT2D eigenvalue weighted by atomic mass is 10.2. The Balaban J connectivity index is 2.08. The standard InChI is InChI=1S/C14H11ClFN3OS/c15-11-6-8(13(17)21)4-5-12(11)19-14(20)18-10-3-1-2-9(16)7-10/h1-7H,(H2,17,21)(H2,18,19,20). The first-order valence-corrected chi connectivity index (χ1v) is 6.67. The third kappa shape index (κ3) is 4.14. The molecule has 0 bridgehead atoms. The molecule has 4 N–H and O–H groups in total. The average molecular weight is 324 g/mol. The molecule has 4 nitrogen and oxygen atoms in total. The summed E-state index contributed by atoms with van der Waals surface area (Å²) in [4.78, 5) is 12.0. The third-order valence-electron chi connectivity index (χ3n) is 2.58. The Kier molecular flexibility index (Phi) is 4.72. The van der Waals surface area contributed by atoms with Crippen LogP contribution < -0.4 is 16.4 Å². The Bertz CT molecular complexity index is 708. The maximum absolute atomic E-state index is 13.0. The van der Waals surface area contributed by atoms with Crippen LogP contribution in [0.1, 0.15) is 5.56 Å². The predicted octanol–water partition coefficient (Wildman–Crippen LogP) is 3.76. The van der Waals surface area contributed by atoms with Crippen molar-refractivity contribution in [1.29, 1.82) is 0 Å². The molecule has 2 aromatic rings. The second kappa shape index (κ2) is 6.51. The first kappa shape index (κ1) is 15.2. The number of anilines is 2. The number of hydrogen-bond donors (Lipinski definition) is 3. The summed E-state index contributed by atoms with van der Waals surface area (Å²) in [6, 6.07) is 9.81. The van der Waals surface area contributed by atoms with Gasteiger partial charge in [-0.15, -0.1) is 0 Å². The van der Waals surface area contributed by atoms with E-state index in [1.807, 2.05) is 0 Å². The number of carbonyl (C=O) groups is 1. The van der Waals surface area contributed by atoms with Crippen molar-refractivity contribution in [3.8, 4) is 0 Å². The van der Waals surface area contributed by atoms with E-state index in [0.717, 1.165) is 0 Å². The van der Waals surface area contributed by atoms with Gasteiger partial charge in [-0.2, -0.15) is 0 Å². The van der Waals surface area contributed by atoms with Gasteiger partial charge in [0.25, 0.3) is 0 Å². The molecule has 0 saturated heterocycles. The topological polar surface area (TPSA) is 67.1 Å². The average Bonchev–Trinajstić information content (AvgIpc) is 2.40. The van der Waals surface area contributed by atoms with Gasteiger partial charge in [-0.3, -0.25) is 0 Å². The van der Waals surface area contributed by atoms with E-state index in [4.69, 9.17) is 29.6 Å². The van der Waals surface area contributed by atoms with Gasteiger partial charge in [0.15, 0.2) is 0 Å². The molecular formula is C14H11ClFN3OS. The molecule has 2 aromatic carbocycles. The number of rotatable bonds is 3. The molecule has 2 rings (SSSR count). The molecule has 0 saturated carbocycles. The minimum Gasteiger partial charge on any atom is -0.389 e. The molecule has 0 aliphatic heterocycles. The van der Waals surface area contributed by atoms with Crippen molar-refractivity contribution in [3.05, 3.63) is 58.9 Å². The molecular weight excluding hydrogens is 313 g/mol. The van der Waals surface area contributed by atoms with Gasteiger partial charge in [-0.25, -0.2) is 9.18 Å². The predicted molar refractivity (Wildman–Crippen MR) is 86.4 cm³/mol. The van der Waals surface area contributed by atoms with E-state index < -0.39 is 11.8 Å². The summed E-state index contributed by atoms with van der Waals surface area (Å²) in [5.74, 6) is -0.438. The van der Waals surface area contributed by atoms with Crippen molar-refractivity contribution in [2.24, 2.45) is 5.73 Å². The number of benzene rings is 2. The maximum atomic E-state index is 13.0. The van der Waals surface area contributed by atoms with Crippen LogP contribution in [-0.2, 0) is 0 Å². The first-order chi connectivity index (χ1) is 9.95. The van der Waals surface area contributed by atoms with Gasteiger partial charge in [0.05, 0.1) is 10.7 Å². The zero-order chi connectivity index (χ0) is 15.4. The number of nitrogens with one attached hydrogen (secondary N) is 2. The number of urea groups is 1. The van der Waals surface area contributed by atoms with Crippen molar-refractivity contribution in [2.45, 2.75) is 0 Å². The molecule has 21 heavy (non-hydrogen) atoms. The molecule has 0 spiro atoms. The van der Waals surface area contributed by atoms with Gasteiger partial charge in [0.1, 0.15) is 10.8 Å². The highest BCUT2D eigenvalue weighted by Gasteiger charge is 2.08. The minimum absolute atomic E-state index is 0.215. The van der Waals surface area contributed by atoms with Gasteiger partial charge in [0, 0.05) is 11.3 Å². The summed E-state index contributed by atoms with van der Waals surface area (Å²) >= 11 is 10.9. The van der Waals surface area contributed by atoms with E-state index in [1.165, 1.54) is 18.2 Å². The zero-order valence-electron chi connectivity index (χ0n) is 10.7. The summed E-state index contributed by atoms with van der Waals surface area (Å²) in [6.45, 7) is 0. The lowest BCUT2D eigenvalue weighted by molar-refractivity contribution is 0.262. The number of halogens is 2. The molecule has 0 aliphatic rings. The van der Waals surface area contributed by atoms with E-state index in [1.54, 1.807) is 24.3 Å². The lowest BCUT2D eigenvalue weighted by Gasteiger charge is -2.10. The molecule has 0 fully saturated rings. The highest BCUT2D eigenvalue weighted by Crippen LogP contribution is 2.23. The monoisotopic (exact) mass is 323 g/mol. The summed E-state index contributed by atoms with van der Waals surface area (Å²) in [6.07, 6.45) is 0. The fourth-order valence-electron chi connectivity index (χ4n) is 1.62. The fraction of sp³-hybridized carbons (Fsp3) is 0. The van der Waals surface area contributed by atoms with Crippen LogP contribution in [0, 0.1) is 5.82 Å². The normalized spacial score (nSPS) is 10.0. The van der Waals surface area contributed by atoms with Gasteiger partial charge in [-0.05, 0) is 36.4 Å². The summed E-state index contributed by atoms with van der Waals surface area (Å²) in [5, 5.41) is 5.35. The van der Waals surface area contributed by atoms with Gasteiger partial charge >= 0.3 is 6.03 Å². The van der Waals surface area contributed by atoms with E-state index in [9.17, 15) is 9.18 Å². The molecule has 0 aromatic heterocycles. The van der Waals surface area contributed by atoms with Crippen LogP contribution in [0.4, 0.5) is 20.6 Å². The summed E-state index contributed by atoms with van der Waals surface area (Å²) in [5.41, 5.74) is 6.82. The van der Waals surface area contributed by atoms with Crippen molar-refractivity contribution in [3.63, 3.8) is 0 Å². The lowest BCUT2D eigenvalue weighted by Crippen LogP contribution is -2.20. The molecule has 108 valence electrons. The fourth-order valence-corrected chi connectivity index (χ4v) is 1.98. The highest BCUT2D eigenvalue weighted by atomic mass is 35.5. The SMILES string of the molecule is NC(=S)c1ccc(NC(=O)Nc2cccc(F)c2)c(Cl)c1. The molecule has 0 unspecified atom stereocenters. The van der Waals surface area contributed by atoms with Crippen molar-refractivity contribution in [2.75, 3.05) is 10.6 Å². The largest absolute Gasteiger partial charge is 0.389 e. The van der Waals surface area contributed by atoms with Crippen LogP contribution >= 0.6 is 23.8 Å². The summed E-state index contributed by atoms with van der Waals surface area (Å²) < 4.78 is 13.0. The number of amides is 2. The second-order valence-corrected chi connectivity index (χ2v) is 5.00. The Morgan fingerprint density at radius 1 is 1.19 bits per heavy atom. The van der Waals surface area contributed by atoms with Crippen molar-refractivity contribution < 1.29 is 9.18 Å². The Morgan fingerprint density at radius 3 is 2.57 bits per heavy atom. The van der Waals surface area contributed by atoms with E-state index in [2.05, 4.69) is 10.6 Å². The third-order valence-corrected chi connectivity index (χ3v) is 3.13. The van der Waals surface area contributed by atoms with E-state index in [-0.39, 0.29) is 4.99 Å². The summed E-state index contributed by atoms with van der Waals surface area (Å²) in [7, 11) is 0. The van der Waals surface area contributed by atoms with Crippen molar-refractivity contribution in [1.82, 2.24) is 0 Å². The number of nitrogens with two attached hydrogens (primary N) is 1. The van der Waals surface area contributed by atoms with E-state index >= 15 is 0 Å².